The maximum absolute atomic E-state index is 12.2. The molecule has 8 heteroatoms. The molecular formula is C19H30N2O6. The molecule has 27 heavy (non-hydrogen) atoms. The van der Waals surface area contributed by atoms with Gasteiger partial charge in [-0.15, -0.1) is 0 Å². The van der Waals surface area contributed by atoms with E-state index in [2.05, 4.69) is 5.32 Å². The fourth-order valence-electron chi connectivity index (χ4n) is 2.26. The van der Waals surface area contributed by atoms with Crippen LogP contribution in [0.5, 0.6) is 11.5 Å². The highest BCUT2D eigenvalue weighted by Gasteiger charge is 2.19. The van der Waals surface area contributed by atoms with Crippen LogP contribution in [0.2, 0.25) is 0 Å². The molecule has 1 aromatic carbocycles. The lowest BCUT2D eigenvalue weighted by Gasteiger charge is -2.24. The number of alkyl carbamates (subject to hydrolysis) is 1. The van der Waals surface area contributed by atoms with Crippen LogP contribution >= 0.6 is 0 Å². The summed E-state index contributed by atoms with van der Waals surface area (Å²) in [5, 5.41) is 2.64. The van der Waals surface area contributed by atoms with Crippen LogP contribution < -0.4 is 14.8 Å². The molecule has 0 saturated heterocycles. The number of nitrogens with zero attached hydrogens (tertiary/aromatic N) is 1. The van der Waals surface area contributed by atoms with Crippen molar-refractivity contribution in [3.63, 3.8) is 0 Å². The Kier molecular flexibility index (Phi) is 8.71. The lowest BCUT2D eigenvalue weighted by atomic mass is 10.2. The summed E-state index contributed by atoms with van der Waals surface area (Å²) < 4.78 is 20.8. The molecule has 2 amide bonds. The summed E-state index contributed by atoms with van der Waals surface area (Å²) in [5.41, 5.74) is 0.267. The predicted octanol–water partition coefficient (Wildman–Crippen LogP) is 3.19. The van der Waals surface area contributed by atoms with Gasteiger partial charge >= 0.3 is 12.2 Å². The lowest BCUT2D eigenvalue weighted by molar-refractivity contribution is 0.0516. The van der Waals surface area contributed by atoms with Gasteiger partial charge in [-0.3, -0.25) is 0 Å². The Labute approximate surface area is 160 Å². The number of rotatable bonds is 8. The van der Waals surface area contributed by atoms with Crippen LogP contribution in [0.15, 0.2) is 18.2 Å². The second-order valence-electron chi connectivity index (χ2n) is 6.74. The Balaban J connectivity index is 2.75. The lowest BCUT2D eigenvalue weighted by Crippen LogP contribution is -2.40. The van der Waals surface area contributed by atoms with Gasteiger partial charge in [0, 0.05) is 19.6 Å². The van der Waals surface area contributed by atoms with Gasteiger partial charge in [-0.25, -0.2) is 9.59 Å². The quantitative estimate of drug-likeness (QED) is 0.743. The molecule has 0 spiro atoms. The topological polar surface area (TPSA) is 86.3 Å². The van der Waals surface area contributed by atoms with Gasteiger partial charge in [0.15, 0.2) is 11.5 Å². The highest BCUT2D eigenvalue weighted by molar-refractivity contribution is 5.69. The molecule has 152 valence electrons. The minimum Gasteiger partial charge on any atom is -0.493 e. The fraction of sp³-hybridized carbons (Fsp3) is 0.579. The van der Waals surface area contributed by atoms with Crippen LogP contribution in [0.4, 0.5) is 9.59 Å². The highest BCUT2D eigenvalue weighted by Crippen LogP contribution is 2.28. The largest absolute Gasteiger partial charge is 0.493 e. The minimum atomic E-state index is -0.579. The van der Waals surface area contributed by atoms with Gasteiger partial charge in [0.1, 0.15) is 5.60 Å². The first kappa shape index (κ1) is 22.4. The highest BCUT2D eigenvalue weighted by atomic mass is 16.6. The van der Waals surface area contributed by atoms with Crippen molar-refractivity contribution in [2.24, 2.45) is 0 Å². The molecule has 1 N–H and O–H groups in total. The van der Waals surface area contributed by atoms with Crippen LogP contribution in [-0.2, 0) is 16.0 Å². The van der Waals surface area contributed by atoms with Gasteiger partial charge < -0.3 is 29.2 Å². The maximum atomic E-state index is 12.2. The van der Waals surface area contributed by atoms with Crippen molar-refractivity contribution in [1.29, 1.82) is 0 Å². The molecule has 1 aromatic rings. The third kappa shape index (κ3) is 8.06. The molecule has 0 aliphatic rings. The maximum Gasteiger partial charge on any atom is 0.410 e. The number of nitrogens with one attached hydrogen (secondary N) is 1. The molecule has 0 aliphatic carbocycles. The van der Waals surface area contributed by atoms with Gasteiger partial charge in [0.2, 0.25) is 0 Å². The number of methoxy groups -OCH3 is 2. The number of hydrogen-bond acceptors (Lipinski definition) is 6. The molecular weight excluding hydrogens is 352 g/mol. The number of ether oxygens (including phenoxy) is 4. The zero-order valence-corrected chi connectivity index (χ0v) is 17.0. The Morgan fingerprint density at radius 3 is 2.33 bits per heavy atom. The first-order valence-corrected chi connectivity index (χ1v) is 8.79. The van der Waals surface area contributed by atoms with E-state index in [1.807, 2.05) is 6.07 Å². The van der Waals surface area contributed by atoms with Crippen molar-refractivity contribution in [3.8, 4) is 11.5 Å². The summed E-state index contributed by atoms with van der Waals surface area (Å²) in [6.45, 7) is 8.17. The molecule has 0 heterocycles. The van der Waals surface area contributed by atoms with Crippen LogP contribution in [0.1, 0.15) is 33.3 Å². The zero-order chi connectivity index (χ0) is 20.4. The van der Waals surface area contributed by atoms with Crippen LogP contribution in [-0.4, -0.2) is 56.6 Å². The first-order chi connectivity index (χ1) is 12.7. The molecule has 0 bridgehead atoms. The van der Waals surface area contributed by atoms with Crippen molar-refractivity contribution in [2.75, 3.05) is 33.9 Å². The van der Waals surface area contributed by atoms with E-state index in [0.29, 0.717) is 18.0 Å². The molecule has 0 atom stereocenters. The van der Waals surface area contributed by atoms with E-state index < -0.39 is 17.8 Å². The van der Waals surface area contributed by atoms with Crippen LogP contribution in [0.3, 0.4) is 0 Å². The normalized spacial score (nSPS) is 10.7. The summed E-state index contributed by atoms with van der Waals surface area (Å²) in [5.74, 6) is 1.18. The minimum absolute atomic E-state index is 0.237. The van der Waals surface area contributed by atoms with Gasteiger partial charge in [-0.1, -0.05) is 6.07 Å². The summed E-state index contributed by atoms with van der Waals surface area (Å²) in [4.78, 5) is 25.5. The number of amides is 2. The number of hydrogen-bond donors (Lipinski definition) is 1. The third-order valence-corrected chi connectivity index (χ3v) is 3.40. The van der Waals surface area contributed by atoms with Crippen molar-refractivity contribution in [3.05, 3.63) is 23.8 Å². The molecule has 0 aliphatic heterocycles. The van der Waals surface area contributed by atoms with Gasteiger partial charge in [-0.05, 0) is 45.4 Å². The van der Waals surface area contributed by atoms with Crippen molar-refractivity contribution < 1.29 is 28.5 Å². The van der Waals surface area contributed by atoms with Crippen molar-refractivity contribution in [1.82, 2.24) is 10.2 Å². The third-order valence-electron chi connectivity index (χ3n) is 3.40. The Morgan fingerprint density at radius 1 is 1.11 bits per heavy atom. The monoisotopic (exact) mass is 382 g/mol. The van der Waals surface area contributed by atoms with E-state index in [-0.39, 0.29) is 19.7 Å². The number of benzene rings is 1. The van der Waals surface area contributed by atoms with Crippen molar-refractivity contribution in [2.45, 2.75) is 39.8 Å². The summed E-state index contributed by atoms with van der Waals surface area (Å²) in [6, 6.07) is 5.41. The SMILES string of the molecule is CCOC(=O)N(CCNC(=O)OC(C)(C)C)Cc1ccc(OC)c(OC)c1. The second-order valence-corrected chi connectivity index (χ2v) is 6.74. The summed E-state index contributed by atoms with van der Waals surface area (Å²) in [7, 11) is 3.11. The van der Waals surface area contributed by atoms with Crippen LogP contribution in [0, 0.1) is 0 Å². The Bertz CT molecular complexity index is 627. The van der Waals surface area contributed by atoms with E-state index in [9.17, 15) is 9.59 Å². The van der Waals surface area contributed by atoms with E-state index in [4.69, 9.17) is 18.9 Å². The van der Waals surface area contributed by atoms with Gasteiger partial charge in [0.25, 0.3) is 0 Å². The second kappa shape index (κ2) is 10.5. The first-order valence-electron chi connectivity index (χ1n) is 8.79. The number of carbonyl (C=O) groups is 2. The van der Waals surface area contributed by atoms with E-state index in [0.717, 1.165) is 5.56 Å². The molecule has 1 rings (SSSR count). The van der Waals surface area contributed by atoms with E-state index in [1.54, 1.807) is 54.0 Å². The fourth-order valence-corrected chi connectivity index (χ4v) is 2.26. The van der Waals surface area contributed by atoms with Crippen LogP contribution in [0.25, 0.3) is 0 Å². The molecule has 8 nitrogen and oxygen atoms in total. The molecule has 0 aromatic heterocycles. The molecule has 0 unspecified atom stereocenters. The number of carbonyl (C=O) groups excluding carboxylic acids is 2. The van der Waals surface area contributed by atoms with Crippen molar-refractivity contribution >= 4 is 12.2 Å². The van der Waals surface area contributed by atoms with E-state index >= 15 is 0 Å². The molecule has 0 radical (unpaired) electrons. The average Bonchev–Trinajstić information content (AvgIpc) is 2.59. The molecule has 0 saturated carbocycles. The predicted molar refractivity (Wildman–Crippen MR) is 101 cm³/mol. The summed E-state index contributed by atoms with van der Waals surface area (Å²) >= 11 is 0. The zero-order valence-electron chi connectivity index (χ0n) is 17.0. The summed E-state index contributed by atoms with van der Waals surface area (Å²) in [6.07, 6.45) is -0.990. The standard InChI is InChI=1S/C19H30N2O6/c1-7-26-18(23)21(11-10-20-17(22)27-19(2,3)4)13-14-8-9-15(24-5)16(12-14)25-6/h8-9,12H,7,10-11,13H2,1-6H3,(H,20,22). The average molecular weight is 382 g/mol. The van der Waals surface area contributed by atoms with Gasteiger partial charge in [-0.2, -0.15) is 0 Å². The van der Waals surface area contributed by atoms with Gasteiger partial charge in [0.05, 0.1) is 20.8 Å². The Hall–Kier alpha value is -2.64. The van der Waals surface area contributed by atoms with E-state index in [1.165, 1.54) is 4.90 Å². The smallest absolute Gasteiger partial charge is 0.410 e. The molecule has 0 fully saturated rings. The Morgan fingerprint density at radius 2 is 1.78 bits per heavy atom.